The second-order valence-electron chi connectivity index (χ2n) is 10.3. The molecule has 0 spiro atoms. The number of ether oxygens (including phenoxy) is 3. The van der Waals surface area contributed by atoms with Crippen LogP contribution in [0, 0.1) is 5.82 Å². The highest BCUT2D eigenvalue weighted by molar-refractivity contribution is 6.31. The van der Waals surface area contributed by atoms with E-state index in [1.807, 2.05) is 0 Å². The van der Waals surface area contributed by atoms with Crippen LogP contribution in [0.15, 0.2) is 36.7 Å². The molecule has 2 heterocycles. The number of amides is 2. The van der Waals surface area contributed by atoms with Crippen LogP contribution in [0.1, 0.15) is 27.2 Å². The lowest BCUT2D eigenvalue weighted by Gasteiger charge is -2.28. The number of fused-ring (bicyclic) bond motifs is 1. The molecule has 0 radical (unpaired) electrons. The van der Waals surface area contributed by atoms with Gasteiger partial charge in [-0.3, -0.25) is 9.69 Å². The smallest absolute Gasteiger partial charge is 0.411 e. The van der Waals surface area contributed by atoms with Crippen LogP contribution in [0.4, 0.5) is 20.7 Å². The maximum Gasteiger partial charge on any atom is 0.411 e. The Kier molecular flexibility index (Phi) is 8.01. The summed E-state index contributed by atoms with van der Waals surface area (Å²) in [5.74, 6) is 0.228. The normalized spacial score (nSPS) is 17.2. The van der Waals surface area contributed by atoms with E-state index < -0.39 is 29.7 Å². The number of likely N-dealkylation sites (N-methyl/N-ethyl adjacent to an activating group) is 1. The molecule has 1 aliphatic heterocycles. The van der Waals surface area contributed by atoms with Crippen molar-refractivity contribution in [3.05, 3.63) is 47.5 Å². The van der Waals surface area contributed by atoms with E-state index in [4.69, 9.17) is 25.8 Å². The summed E-state index contributed by atoms with van der Waals surface area (Å²) >= 11 is 5.93. The number of hydrogen-bond donors (Lipinski definition) is 1. The molecule has 2 atom stereocenters. The summed E-state index contributed by atoms with van der Waals surface area (Å²) in [7, 11) is 4.76. The van der Waals surface area contributed by atoms with Crippen molar-refractivity contribution in [3.63, 3.8) is 0 Å². The minimum absolute atomic E-state index is 0.0262. The predicted octanol–water partition coefficient (Wildman–Crippen LogP) is 5.02. The van der Waals surface area contributed by atoms with Crippen molar-refractivity contribution in [2.24, 2.45) is 0 Å². The quantitative estimate of drug-likeness (QED) is 0.449. The second-order valence-corrected chi connectivity index (χ2v) is 10.7. The van der Waals surface area contributed by atoms with Crippen LogP contribution in [-0.4, -0.2) is 77.3 Å². The molecule has 10 nitrogen and oxygen atoms in total. The molecule has 1 aliphatic rings. The fourth-order valence-electron chi connectivity index (χ4n) is 4.26. The first-order valence-corrected chi connectivity index (χ1v) is 12.7. The number of hydrogen-bond acceptors (Lipinski definition) is 8. The number of nitrogens with one attached hydrogen (secondary N) is 1. The maximum absolute atomic E-state index is 14.6. The highest BCUT2D eigenvalue weighted by atomic mass is 35.5. The Labute approximate surface area is 231 Å². The Morgan fingerprint density at radius 1 is 1.18 bits per heavy atom. The first-order chi connectivity index (χ1) is 18.4. The van der Waals surface area contributed by atoms with Gasteiger partial charge in [0.1, 0.15) is 29.9 Å². The number of likely N-dealkylation sites (tertiary alicyclic amines) is 1. The molecule has 0 aliphatic carbocycles. The summed E-state index contributed by atoms with van der Waals surface area (Å²) in [6, 6.07) is 7.22. The van der Waals surface area contributed by atoms with E-state index in [1.54, 1.807) is 59.1 Å². The van der Waals surface area contributed by atoms with Crippen LogP contribution in [-0.2, 0) is 9.53 Å². The molecule has 2 aromatic carbocycles. The summed E-state index contributed by atoms with van der Waals surface area (Å²) in [5.41, 5.74) is -0.0500. The zero-order chi connectivity index (χ0) is 28.5. The molecule has 1 N–H and O–H groups in total. The van der Waals surface area contributed by atoms with Gasteiger partial charge in [0.25, 0.3) is 0 Å². The van der Waals surface area contributed by atoms with E-state index >= 15 is 0 Å². The van der Waals surface area contributed by atoms with Crippen molar-refractivity contribution in [3.8, 4) is 11.5 Å². The van der Waals surface area contributed by atoms with Crippen LogP contribution >= 0.6 is 11.6 Å². The topological polar surface area (TPSA) is 106 Å². The number of anilines is 2. The Morgan fingerprint density at radius 3 is 2.59 bits per heavy atom. The first kappa shape index (κ1) is 28.2. The number of methoxy groups -OCH3 is 1. The minimum atomic E-state index is -0.752. The van der Waals surface area contributed by atoms with Gasteiger partial charge in [-0.15, -0.1) is 0 Å². The zero-order valence-electron chi connectivity index (χ0n) is 22.6. The van der Waals surface area contributed by atoms with E-state index in [0.29, 0.717) is 28.2 Å². The highest BCUT2D eigenvalue weighted by Gasteiger charge is 2.43. The average Bonchev–Trinajstić information content (AvgIpc) is 3.29. The van der Waals surface area contributed by atoms with Crippen molar-refractivity contribution in [2.45, 2.75) is 44.9 Å². The highest BCUT2D eigenvalue weighted by Crippen LogP contribution is 2.37. The minimum Gasteiger partial charge on any atom is -0.493 e. The van der Waals surface area contributed by atoms with Gasteiger partial charge in [0.2, 0.25) is 5.91 Å². The Hall–Kier alpha value is -3.86. The monoisotopic (exact) mass is 559 g/mol. The van der Waals surface area contributed by atoms with Crippen molar-refractivity contribution < 1.29 is 28.2 Å². The van der Waals surface area contributed by atoms with E-state index in [1.165, 1.54) is 29.3 Å². The van der Waals surface area contributed by atoms with Crippen LogP contribution < -0.4 is 14.8 Å². The number of halogens is 2. The number of rotatable bonds is 6. The van der Waals surface area contributed by atoms with E-state index in [0.717, 1.165) is 0 Å². The molecular formula is C27H31ClFN5O5. The van der Waals surface area contributed by atoms with Gasteiger partial charge in [-0.25, -0.2) is 19.2 Å². The summed E-state index contributed by atoms with van der Waals surface area (Å²) < 4.78 is 32.0. The molecule has 2 amide bonds. The molecule has 1 aromatic heterocycles. The summed E-state index contributed by atoms with van der Waals surface area (Å²) in [6.45, 7) is 5.42. The average molecular weight is 560 g/mol. The van der Waals surface area contributed by atoms with Crippen molar-refractivity contribution in [2.75, 3.05) is 33.1 Å². The molecule has 4 rings (SSSR count). The molecule has 1 fully saturated rings. The molecule has 0 saturated carbocycles. The van der Waals surface area contributed by atoms with Gasteiger partial charge in [-0.05, 0) is 39.0 Å². The fourth-order valence-corrected chi connectivity index (χ4v) is 4.43. The standard InChI is InChI=1S/C27H31ClFN5O5/c1-27(2,3)39-26(36)34-13-15(10-20(34)25(35)33(4)5)38-22-11-16-19(12-21(22)37-6)30-14-31-24(16)32-18-9-7-8-17(28)23(18)29/h7-9,11-12,14-15,20H,10,13H2,1-6H3,(H,30,31,32)/t15-,20-/m0/s1. The van der Waals surface area contributed by atoms with E-state index in [2.05, 4.69) is 15.3 Å². The molecule has 1 saturated heterocycles. The number of benzene rings is 2. The number of carbonyl (C=O) groups is 2. The van der Waals surface area contributed by atoms with Crippen molar-refractivity contribution in [1.29, 1.82) is 0 Å². The Balaban J connectivity index is 1.66. The third-order valence-corrected chi connectivity index (χ3v) is 6.33. The van der Waals surface area contributed by atoms with Crippen LogP contribution in [0.25, 0.3) is 10.9 Å². The van der Waals surface area contributed by atoms with Crippen LogP contribution in [0.2, 0.25) is 5.02 Å². The van der Waals surface area contributed by atoms with Gasteiger partial charge in [-0.1, -0.05) is 17.7 Å². The Morgan fingerprint density at radius 2 is 1.92 bits per heavy atom. The van der Waals surface area contributed by atoms with E-state index in [9.17, 15) is 14.0 Å². The van der Waals surface area contributed by atoms with Crippen LogP contribution in [0.5, 0.6) is 11.5 Å². The predicted molar refractivity (Wildman–Crippen MR) is 145 cm³/mol. The molecule has 0 bridgehead atoms. The van der Waals surface area contributed by atoms with Gasteiger partial charge in [0.15, 0.2) is 17.3 Å². The summed E-state index contributed by atoms with van der Waals surface area (Å²) in [4.78, 5) is 37.3. The molecule has 3 aromatic rings. The number of carbonyl (C=O) groups excluding carboxylic acids is 2. The van der Waals surface area contributed by atoms with Crippen molar-refractivity contribution >= 4 is 46.0 Å². The van der Waals surface area contributed by atoms with E-state index in [-0.39, 0.29) is 29.6 Å². The van der Waals surface area contributed by atoms with Crippen LogP contribution in [0.3, 0.4) is 0 Å². The molecule has 0 unspecified atom stereocenters. The lowest BCUT2D eigenvalue weighted by molar-refractivity contribution is -0.133. The number of aromatic nitrogens is 2. The molecule has 39 heavy (non-hydrogen) atoms. The fraction of sp³-hybridized carbons (Fsp3) is 0.407. The Bertz CT molecular complexity index is 1400. The molecular weight excluding hydrogens is 529 g/mol. The lowest BCUT2D eigenvalue weighted by Crippen LogP contribution is -2.47. The molecule has 12 heteroatoms. The number of nitrogens with zero attached hydrogens (tertiary/aromatic N) is 4. The van der Waals surface area contributed by atoms with Gasteiger partial charge < -0.3 is 24.4 Å². The third-order valence-electron chi connectivity index (χ3n) is 6.04. The third kappa shape index (κ3) is 6.25. The van der Waals surface area contributed by atoms with Gasteiger partial charge >= 0.3 is 6.09 Å². The summed E-state index contributed by atoms with van der Waals surface area (Å²) in [6.07, 6.45) is 0.466. The summed E-state index contributed by atoms with van der Waals surface area (Å²) in [5, 5.41) is 3.48. The second kappa shape index (κ2) is 11.1. The lowest BCUT2D eigenvalue weighted by atomic mass is 10.1. The van der Waals surface area contributed by atoms with Crippen molar-refractivity contribution in [1.82, 2.24) is 19.8 Å². The molecule has 208 valence electrons. The SMILES string of the molecule is COc1cc2ncnc(Nc3cccc(Cl)c3F)c2cc1O[C@H]1C[C@@H](C(=O)N(C)C)N(C(=O)OC(C)(C)C)C1. The largest absolute Gasteiger partial charge is 0.493 e. The van der Waals surface area contributed by atoms with Gasteiger partial charge in [-0.2, -0.15) is 0 Å². The van der Waals surface area contributed by atoms with Gasteiger partial charge in [0.05, 0.1) is 29.9 Å². The van der Waals surface area contributed by atoms with Gasteiger partial charge in [0, 0.05) is 32.0 Å². The first-order valence-electron chi connectivity index (χ1n) is 12.3. The maximum atomic E-state index is 14.6. The zero-order valence-corrected chi connectivity index (χ0v) is 23.4.